The zero-order valence-corrected chi connectivity index (χ0v) is 12.5. The molecule has 1 aliphatic carbocycles. The highest BCUT2D eigenvalue weighted by molar-refractivity contribution is 5.86. The Balaban J connectivity index is 1.67. The van der Waals surface area contributed by atoms with Gasteiger partial charge in [-0.2, -0.15) is 0 Å². The van der Waals surface area contributed by atoms with Crippen molar-refractivity contribution in [1.82, 2.24) is 5.32 Å². The molecule has 2 N–H and O–H groups in total. The maximum atomic E-state index is 11.9. The first-order valence-electron chi connectivity index (χ1n) is 7.71. The highest BCUT2D eigenvalue weighted by atomic mass is 16.4. The molecule has 1 aromatic carbocycles. The smallest absolute Gasteiger partial charge is 0.322 e. The number of rotatable bonds is 6. The third kappa shape index (κ3) is 3.50. The summed E-state index contributed by atoms with van der Waals surface area (Å²) < 4.78 is 0. The van der Waals surface area contributed by atoms with Crippen molar-refractivity contribution >= 4 is 23.3 Å². The molecular weight excluding hydrogens is 282 g/mol. The molecule has 22 heavy (non-hydrogen) atoms. The van der Waals surface area contributed by atoms with Crippen molar-refractivity contribution in [2.24, 2.45) is 5.92 Å². The number of carboxylic acid groups (broad SMARTS) is 1. The first kappa shape index (κ1) is 14.7. The number of hydrogen-bond acceptors (Lipinski definition) is 4. The second-order valence-corrected chi connectivity index (χ2v) is 5.97. The summed E-state index contributed by atoms with van der Waals surface area (Å²) >= 11 is 0. The Labute approximate surface area is 129 Å². The molecule has 0 atom stereocenters. The highest BCUT2D eigenvalue weighted by Crippen LogP contribution is 2.37. The minimum absolute atomic E-state index is 0.196. The fourth-order valence-electron chi connectivity index (χ4n) is 2.85. The van der Waals surface area contributed by atoms with Crippen LogP contribution in [-0.2, 0) is 9.59 Å². The Morgan fingerprint density at radius 1 is 1.14 bits per heavy atom. The summed E-state index contributed by atoms with van der Waals surface area (Å²) in [6.45, 7) is 2.64. The molecule has 1 saturated carbocycles. The number of aliphatic carboxylic acids is 1. The van der Waals surface area contributed by atoms with E-state index in [0.29, 0.717) is 0 Å². The van der Waals surface area contributed by atoms with Crippen molar-refractivity contribution in [2.75, 3.05) is 42.5 Å². The van der Waals surface area contributed by atoms with E-state index in [4.69, 9.17) is 5.11 Å². The number of amides is 1. The Morgan fingerprint density at radius 3 is 2.41 bits per heavy atom. The minimum Gasteiger partial charge on any atom is -0.480 e. The number of hydrogen-bond donors (Lipinski definition) is 2. The normalized spacial score (nSPS) is 17.1. The molecule has 2 aliphatic rings. The number of carboxylic acids is 1. The quantitative estimate of drug-likeness (QED) is 0.818. The molecule has 0 saturated heterocycles. The Morgan fingerprint density at radius 2 is 1.77 bits per heavy atom. The van der Waals surface area contributed by atoms with Crippen molar-refractivity contribution in [3.05, 3.63) is 24.3 Å². The van der Waals surface area contributed by atoms with Gasteiger partial charge in [-0.15, -0.1) is 0 Å². The monoisotopic (exact) mass is 303 g/mol. The lowest BCUT2D eigenvalue weighted by atomic mass is 10.1. The van der Waals surface area contributed by atoms with Gasteiger partial charge in [0.15, 0.2) is 0 Å². The van der Waals surface area contributed by atoms with E-state index in [9.17, 15) is 9.59 Å². The molecule has 0 bridgehead atoms. The Hall–Kier alpha value is -2.24. The molecule has 118 valence electrons. The number of anilines is 2. The SMILES string of the molecule is O=C(O)CNC(=O)CN1CCN(CC2CC2)c2ccccc21. The number of carbonyl (C=O) groups excluding carboxylic acids is 1. The van der Waals surface area contributed by atoms with Crippen LogP contribution in [0.4, 0.5) is 11.4 Å². The van der Waals surface area contributed by atoms with Crippen LogP contribution in [0.25, 0.3) is 0 Å². The predicted molar refractivity (Wildman–Crippen MR) is 84.2 cm³/mol. The van der Waals surface area contributed by atoms with Crippen LogP contribution >= 0.6 is 0 Å². The van der Waals surface area contributed by atoms with E-state index in [1.165, 1.54) is 18.5 Å². The van der Waals surface area contributed by atoms with Gasteiger partial charge in [0.05, 0.1) is 17.9 Å². The summed E-state index contributed by atoms with van der Waals surface area (Å²) in [4.78, 5) is 26.8. The molecule has 0 aromatic heterocycles. The standard InChI is InChI=1S/C16H21N3O3/c20-15(17-9-16(21)22)11-19-8-7-18(10-12-5-6-12)13-3-1-2-4-14(13)19/h1-4,12H,5-11H2,(H,17,20)(H,21,22). The summed E-state index contributed by atoms with van der Waals surface area (Å²) in [6.07, 6.45) is 2.64. The lowest BCUT2D eigenvalue weighted by Gasteiger charge is -2.38. The van der Waals surface area contributed by atoms with Gasteiger partial charge in [-0.05, 0) is 30.9 Å². The summed E-state index contributed by atoms with van der Waals surface area (Å²) in [5, 5.41) is 11.0. The minimum atomic E-state index is -1.02. The first-order chi connectivity index (χ1) is 10.6. The molecule has 6 heteroatoms. The fourth-order valence-corrected chi connectivity index (χ4v) is 2.85. The Kier molecular flexibility index (Phi) is 4.18. The van der Waals surface area contributed by atoms with E-state index in [1.807, 2.05) is 23.1 Å². The summed E-state index contributed by atoms with van der Waals surface area (Å²) in [5.41, 5.74) is 2.23. The number of fused-ring (bicyclic) bond motifs is 1. The van der Waals surface area contributed by atoms with Gasteiger partial charge < -0.3 is 20.2 Å². The van der Waals surface area contributed by atoms with Crippen LogP contribution in [0.3, 0.4) is 0 Å². The van der Waals surface area contributed by atoms with Gasteiger partial charge >= 0.3 is 5.97 Å². The summed E-state index contributed by atoms with van der Waals surface area (Å²) in [7, 11) is 0. The second kappa shape index (κ2) is 6.25. The predicted octanol–water partition coefficient (Wildman–Crippen LogP) is 0.924. The van der Waals surface area contributed by atoms with E-state index >= 15 is 0 Å². The van der Waals surface area contributed by atoms with Crippen LogP contribution in [0.1, 0.15) is 12.8 Å². The van der Waals surface area contributed by atoms with E-state index in [-0.39, 0.29) is 19.0 Å². The van der Waals surface area contributed by atoms with Crippen LogP contribution < -0.4 is 15.1 Å². The first-order valence-corrected chi connectivity index (χ1v) is 7.71. The summed E-state index contributed by atoms with van der Waals surface area (Å²) in [6, 6.07) is 8.12. The highest BCUT2D eigenvalue weighted by Gasteiger charge is 2.29. The maximum absolute atomic E-state index is 11.9. The van der Waals surface area contributed by atoms with Crippen LogP contribution in [-0.4, -0.2) is 49.7 Å². The molecule has 1 aromatic rings. The van der Waals surface area contributed by atoms with Crippen molar-refractivity contribution in [3.8, 4) is 0 Å². The van der Waals surface area contributed by atoms with Crippen LogP contribution in [0.15, 0.2) is 24.3 Å². The molecule has 3 rings (SSSR count). The fraction of sp³-hybridized carbons (Fsp3) is 0.500. The van der Waals surface area contributed by atoms with E-state index in [1.54, 1.807) is 0 Å². The topological polar surface area (TPSA) is 72.9 Å². The number of carbonyl (C=O) groups is 2. The van der Waals surface area contributed by atoms with Gasteiger partial charge in [0.1, 0.15) is 6.54 Å². The lowest BCUT2D eigenvalue weighted by Crippen LogP contribution is -2.46. The average molecular weight is 303 g/mol. The molecule has 1 heterocycles. The summed E-state index contributed by atoms with van der Waals surface area (Å²) in [5.74, 6) is -0.464. The largest absolute Gasteiger partial charge is 0.480 e. The number of para-hydroxylation sites is 2. The lowest BCUT2D eigenvalue weighted by molar-refractivity contribution is -0.137. The van der Waals surface area contributed by atoms with Crippen molar-refractivity contribution in [2.45, 2.75) is 12.8 Å². The molecular formula is C16H21N3O3. The zero-order chi connectivity index (χ0) is 15.5. The van der Waals surface area contributed by atoms with Gasteiger partial charge in [0, 0.05) is 19.6 Å². The zero-order valence-electron chi connectivity index (χ0n) is 12.5. The average Bonchev–Trinajstić information content (AvgIpc) is 3.32. The van der Waals surface area contributed by atoms with Gasteiger partial charge in [-0.25, -0.2) is 0 Å². The number of benzene rings is 1. The van der Waals surface area contributed by atoms with Gasteiger partial charge in [-0.1, -0.05) is 12.1 Å². The third-order valence-corrected chi connectivity index (χ3v) is 4.15. The van der Waals surface area contributed by atoms with E-state index in [2.05, 4.69) is 16.3 Å². The molecule has 0 unspecified atom stereocenters. The van der Waals surface area contributed by atoms with Crippen LogP contribution in [0.2, 0.25) is 0 Å². The molecule has 0 radical (unpaired) electrons. The number of nitrogens with zero attached hydrogens (tertiary/aromatic N) is 2. The van der Waals surface area contributed by atoms with E-state index < -0.39 is 5.97 Å². The van der Waals surface area contributed by atoms with Gasteiger partial charge in [0.2, 0.25) is 5.91 Å². The molecule has 1 fully saturated rings. The van der Waals surface area contributed by atoms with Crippen molar-refractivity contribution in [3.63, 3.8) is 0 Å². The van der Waals surface area contributed by atoms with Crippen LogP contribution in [0.5, 0.6) is 0 Å². The van der Waals surface area contributed by atoms with Crippen LogP contribution in [0, 0.1) is 5.92 Å². The molecule has 1 aliphatic heterocycles. The second-order valence-electron chi connectivity index (χ2n) is 5.97. The van der Waals surface area contributed by atoms with Crippen molar-refractivity contribution in [1.29, 1.82) is 0 Å². The van der Waals surface area contributed by atoms with Gasteiger partial charge in [-0.3, -0.25) is 9.59 Å². The number of nitrogens with one attached hydrogen (secondary N) is 1. The maximum Gasteiger partial charge on any atom is 0.322 e. The Bertz CT molecular complexity index is 572. The van der Waals surface area contributed by atoms with E-state index in [0.717, 1.165) is 31.2 Å². The van der Waals surface area contributed by atoms with Gasteiger partial charge in [0.25, 0.3) is 0 Å². The third-order valence-electron chi connectivity index (χ3n) is 4.15. The van der Waals surface area contributed by atoms with Crippen molar-refractivity contribution < 1.29 is 14.7 Å². The molecule has 6 nitrogen and oxygen atoms in total. The molecule has 0 spiro atoms. The molecule has 1 amide bonds.